The van der Waals surface area contributed by atoms with Crippen molar-refractivity contribution in [2.75, 3.05) is 21.3 Å². The fourth-order valence-electron chi connectivity index (χ4n) is 0.342. The first-order valence-electron chi connectivity index (χ1n) is 4.11. The first-order valence-corrected chi connectivity index (χ1v) is 4.11. The van der Waals surface area contributed by atoms with Gasteiger partial charge in [-0.2, -0.15) is 43.3 Å². The molecule has 1 aromatic rings. The van der Waals surface area contributed by atoms with Crippen molar-refractivity contribution >= 4 is 0 Å². The van der Waals surface area contributed by atoms with Crippen molar-refractivity contribution in [3.8, 4) is 0 Å². The number of aliphatic hydroxyl groups excluding tert-OH is 3. The topological polar surface area (TPSA) is 60.7 Å². The number of benzene rings is 1. The van der Waals surface area contributed by atoms with Crippen LogP contribution in [0.1, 0.15) is 6.92 Å². The maximum Gasteiger partial charge on any atom is 2.00 e. The number of aliphatic hydroxyl groups is 3. The molecule has 1 rings (SSSR count). The summed E-state index contributed by atoms with van der Waals surface area (Å²) in [4.78, 5) is 0. The Hall–Kier alpha value is -0.446. The van der Waals surface area contributed by atoms with Crippen LogP contribution in [0.25, 0.3) is 0 Å². The predicted octanol–water partition coefficient (Wildman–Crippen LogP) is 1.31. The predicted molar refractivity (Wildman–Crippen MR) is 64.3 cm³/mol. The minimum atomic E-state index is 0. The largest absolute Gasteiger partial charge is 2.00 e. The normalized spacial score (nSPS) is 4.94. The third-order valence-electron chi connectivity index (χ3n) is 0.607. The second-order valence-corrected chi connectivity index (χ2v) is 1.43. The van der Waals surface area contributed by atoms with Crippen LogP contribution in [0.3, 0.4) is 0 Å². The van der Waals surface area contributed by atoms with Crippen molar-refractivity contribution in [3.05, 3.63) is 49.1 Å². The molecule has 0 aliphatic rings. The Morgan fingerprint density at radius 1 is 0.875 bits per heavy atom. The summed E-state index contributed by atoms with van der Waals surface area (Å²) in [7, 11) is 3.00. The third-order valence-corrected chi connectivity index (χ3v) is 0.607. The summed E-state index contributed by atoms with van der Waals surface area (Å²) in [5.74, 6) is 0. The van der Waals surface area contributed by atoms with Crippen LogP contribution in [0.2, 0.25) is 0 Å². The summed E-state index contributed by atoms with van der Waals surface area (Å²) in [6, 6.07) is 12.5. The number of hydrogen-bond donors (Lipinski definition) is 3. The Morgan fingerprint density at radius 3 is 1.19 bits per heavy atom. The third kappa shape index (κ3) is 69.2. The van der Waals surface area contributed by atoms with Gasteiger partial charge < -0.3 is 21.4 Å². The van der Waals surface area contributed by atoms with E-state index in [1.807, 2.05) is 30.3 Å². The fourth-order valence-corrected chi connectivity index (χ4v) is 0.342. The monoisotopic (exact) mass is 262 g/mol. The molecule has 0 aromatic heterocycles. The van der Waals surface area contributed by atoms with E-state index in [1.54, 1.807) is 6.92 Å². The van der Waals surface area contributed by atoms with Gasteiger partial charge in [-0.1, -0.05) is 0 Å². The van der Waals surface area contributed by atoms with E-state index in [2.05, 4.69) is 18.7 Å². The van der Waals surface area contributed by atoms with Crippen molar-refractivity contribution in [1.29, 1.82) is 0 Å². The summed E-state index contributed by atoms with van der Waals surface area (Å²) in [5, 5.41) is 21.0. The van der Waals surface area contributed by atoms with E-state index >= 15 is 0 Å². The van der Waals surface area contributed by atoms with E-state index in [0.717, 1.165) is 21.3 Å². The van der Waals surface area contributed by atoms with Crippen molar-refractivity contribution in [2.45, 2.75) is 6.92 Å². The molecule has 0 fully saturated rings. The second kappa shape index (κ2) is 62.2. The molecule has 16 heavy (non-hydrogen) atoms. The van der Waals surface area contributed by atoms with Crippen LogP contribution >= 0.6 is 0 Å². The van der Waals surface area contributed by atoms with Crippen LogP contribution in [-0.4, -0.2) is 36.6 Å². The van der Waals surface area contributed by atoms with Crippen molar-refractivity contribution < 1.29 is 37.0 Å². The van der Waals surface area contributed by atoms with Gasteiger partial charge in [0.25, 0.3) is 0 Å². The smallest absolute Gasteiger partial charge is 0.507 e. The van der Waals surface area contributed by atoms with Crippen LogP contribution in [0.4, 0.5) is 0 Å². The molecular formula is C12H22O3Ti. The van der Waals surface area contributed by atoms with Gasteiger partial charge in [0.1, 0.15) is 0 Å². The number of hydrogen-bond acceptors (Lipinski definition) is 3. The molecule has 0 heterocycles. The zero-order valence-electron chi connectivity index (χ0n) is 10.4. The molecule has 0 saturated heterocycles. The molecule has 3 N–H and O–H groups in total. The molecule has 0 aliphatic heterocycles. The van der Waals surface area contributed by atoms with Gasteiger partial charge in [0.2, 0.25) is 0 Å². The van der Waals surface area contributed by atoms with Crippen molar-refractivity contribution in [3.63, 3.8) is 0 Å². The van der Waals surface area contributed by atoms with Gasteiger partial charge in [-0.25, -0.2) is 0 Å². The molecule has 1 aromatic carbocycles. The van der Waals surface area contributed by atoms with E-state index in [4.69, 9.17) is 15.3 Å². The maximum atomic E-state index is 7.00. The number of allylic oxidation sites excluding steroid dienone is 1. The van der Waals surface area contributed by atoms with Gasteiger partial charge in [0.15, 0.2) is 0 Å². The summed E-state index contributed by atoms with van der Waals surface area (Å²) in [6.45, 7) is 5.00. The van der Waals surface area contributed by atoms with Crippen LogP contribution in [0, 0.1) is 12.1 Å². The quantitative estimate of drug-likeness (QED) is 0.488. The molecule has 0 spiro atoms. The Bertz CT molecular complexity index is 119. The SMILES string of the molecule is C=[C-]C.CO.CO.CO.[Ti+2].[c-]1ccccc1. The molecule has 0 amide bonds. The molecule has 92 valence electrons. The average molecular weight is 262 g/mol. The van der Waals surface area contributed by atoms with Crippen LogP contribution in [0.5, 0.6) is 0 Å². The molecule has 0 bridgehead atoms. The molecule has 0 atom stereocenters. The zero-order chi connectivity index (χ0) is 12.9. The van der Waals surface area contributed by atoms with Crippen LogP contribution < -0.4 is 0 Å². The Morgan fingerprint density at radius 2 is 1.12 bits per heavy atom. The minimum Gasteiger partial charge on any atom is -0.507 e. The van der Waals surface area contributed by atoms with Gasteiger partial charge in [-0.05, 0) is 0 Å². The Kier molecular flexibility index (Phi) is 115. The van der Waals surface area contributed by atoms with Gasteiger partial charge in [-0.3, -0.25) is 6.58 Å². The molecule has 3 nitrogen and oxygen atoms in total. The molecule has 4 heteroatoms. The van der Waals surface area contributed by atoms with E-state index in [1.165, 1.54) is 0 Å². The minimum absolute atomic E-state index is 0. The first kappa shape index (κ1) is 29.6. The Balaban J connectivity index is -0.0000000355. The molecule has 0 aliphatic carbocycles. The second-order valence-electron chi connectivity index (χ2n) is 1.43. The molecule has 0 unspecified atom stereocenters. The van der Waals surface area contributed by atoms with Crippen molar-refractivity contribution in [1.82, 2.24) is 0 Å². The Labute approximate surface area is 114 Å². The van der Waals surface area contributed by atoms with E-state index in [9.17, 15) is 0 Å². The molecular weight excluding hydrogens is 240 g/mol. The van der Waals surface area contributed by atoms with Gasteiger partial charge in [0.05, 0.1) is 0 Å². The molecule has 0 saturated carbocycles. The maximum absolute atomic E-state index is 7.00. The summed E-state index contributed by atoms with van der Waals surface area (Å²) < 4.78 is 0. The summed E-state index contributed by atoms with van der Waals surface area (Å²) in [6.07, 6.45) is 2.50. The van der Waals surface area contributed by atoms with Gasteiger partial charge in [0, 0.05) is 21.3 Å². The zero-order valence-corrected chi connectivity index (χ0v) is 12.0. The first-order chi connectivity index (χ1) is 7.41. The number of rotatable bonds is 0. The average Bonchev–Trinajstić information content (AvgIpc) is 2.40. The van der Waals surface area contributed by atoms with Gasteiger partial charge >= 0.3 is 21.7 Å². The van der Waals surface area contributed by atoms with Crippen LogP contribution in [-0.2, 0) is 21.7 Å². The molecule has 0 radical (unpaired) electrons. The van der Waals surface area contributed by atoms with E-state index in [-0.39, 0.29) is 21.7 Å². The van der Waals surface area contributed by atoms with Crippen molar-refractivity contribution in [2.24, 2.45) is 0 Å². The standard InChI is InChI=1S/C6H5.C3H5.3CH4O.Ti/c1-2-4-6-5-3-1;1-3-2;3*1-2;/h1-5H;1H2,2H3;3*2H,1H3;/q2*-1;;;;+2. The van der Waals surface area contributed by atoms with Crippen LogP contribution in [0.15, 0.2) is 36.9 Å². The van der Waals surface area contributed by atoms with E-state index in [0.29, 0.717) is 0 Å². The van der Waals surface area contributed by atoms with Gasteiger partial charge in [-0.15, -0.1) is 0 Å². The van der Waals surface area contributed by atoms with E-state index < -0.39 is 0 Å². The fraction of sp³-hybridized carbons (Fsp3) is 0.333. The summed E-state index contributed by atoms with van der Waals surface area (Å²) in [5.41, 5.74) is 0. The summed E-state index contributed by atoms with van der Waals surface area (Å²) >= 11 is 0.